The molecule has 104 valence electrons. The standard InChI is InChI=1S/C14H12ClFN2O2/c1-7-8(2)13(15)18-17-12(7)9-4-10(14(19)20-3)6-11(16)5-9/h4-6H,1-3H3. The second-order valence-electron chi connectivity index (χ2n) is 4.31. The van der Waals surface area contributed by atoms with Crippen molar-refractivity contribution < 1.29 is 13.9 Å². The average Bonchev–Trinajstić information content (AvgIpc) is 2.43. The van der Waals surface area contributed by atoms with Crippen LogP contribution in [-0.2, 0) is 4.74 Å². The van der Waals surface area contributed by atoms with Crippen LogP contribution in [0.3, 0.4) is 0 Å². The van der Waals surface area contributed by atoms with Gasteiger partial charge < -0.3 is 4.74 Å². The van der Waals surface area contributed by atoms with Gasteiger partial charge in [-0.2, -0.15) is 0 Å². The summed E-state index contributed by atoms with van der Waals surface area (Å²) >= 11 is 5.89. The van der Waals surface area contributed by atoms with Crippen molar-refractivity contribution in [3.63, 3.8) is 0 Å². The number of halogens is 2. The number of carbonyl (C=O) groups is 1. The van der Waals surface area contributed by atoms with Gasteiger partial charge in [0.1, 0.15) is 5.82 Å². The highest BCUT2D eigenvalue weighted by molar-refractivity contribution is 6.30. The van der Waals surface area contributed by atoms with Gasteiger partial charge in [-0.15, -0.1) is 10.2 Å². The zero-order chi connectivity index (χ0) is 14.9. The van der Waals surface area contributed by atoms with Crippen LogP contribution in [0.25, 0.3) is 11.3 Å². The van der Waals surface area contributed by atoms with Crippen molar-refractivity contribution in [1.29, 1.82) is 0 Å². The maximum absolute atomic E-state index is 13.6. The molecular formula is C14H12ClFN2O2. The predicted molar refractivity (Wildman–Crippen MR) is 73.2 cm³/mol. The van der Waals surface area contributed by atoms with E-state index in [9.17, 15) is 9.18 Å². The molecule has 20 heavy (non-hydrogen) atoms. The third-order valence-corrected chi connectivity index (χ3v) is 3.42. The number of nitrogens with zero attached hydrogens (tertiary/aromatic N) is 2. The molecule has 2 rings (SSSR count). The molecule has 1 aromatic heterocycles. The van der Waals surface area contributed by atoms with E-state index in [1.165, 1.54) is 19.2 Å². The SMILES string of the molecule is COC(=O)c1cc(F)cc(-c2nnc(Cl)c(C)c2C)c1. The van der Waals surface area contributed by atoms with E-state index in [1.54, 1.807) is 6.92 Å². The quantitative estimate of drug-likeness (QED) is 0.797. The first-order chi connectivity index (χ1) is 9.43. The van der Waals surface area contributed by atoms with Crippen molar-refractivity contribution in [3.05, 3.63) is 45.9 Å². The number of benzene rings is 1. The van der Waals surface area contributed by atoms with Crippen molar-refractivity contribution in [2.24, 2.45) is 0 Å². The molecule has 4 nitrogen and oxygen atoms in total. The third-order valence-electron chi connectivity index (χ3n) is 3.06. The van der Waals surface area contributed by atoms with Crippen LogP contribution in [0.4, 0.5) is 4.39 Å². The minimum atomic E-state index is -0.609. The Morgan fingerprint density at radius 2 is 1.90 bits per heavy atom. The molecular weight excluding hydrogens is 283 g/mol. The second-order valence-corrected chi connectivity index (χ2v) is 4.67. The topological polar surface area (TPSA) is 52.1 Å². The fourth-order valence-corrected chi connectivity index (χ4v) is 1.99. The highest BCUT2D eigenvalue weighted by Crippen LogP contribution is 2.27. The average molecular weight is 295 g/mol. The van der Waals surface area contributed by atoms with E-state index in [0.717, 1.165) is 17.2 Å². The van der Waals surface area contributed by atoms with Gasteiger partial charge in [-0.1, -0.05) is 11.6 Å². The molecule has 0 amide bonds. The van der Waals surface area contributed by atoms with Crippen molar-refractivity contribution >= 4 is 17.6 Å². The van der Waals surface area contributed by atoms with E-state index >= 15 is 0 Å². The zero-order valence-corrected chi connectivity index (χ0v) is 12.0. The molecule has 0 N–H and O–H groups in total. The fourth-order valence-electron chi connectivity index (χ4n) is 1.81. The Bertz CT molecular complexity index is 689. The number of esters is 1. The number of aromatic nitrogens is 2. The molecule has 0 saturated heterocycles. The molecule has 0 aliphatic rings. The molecule has 0 atom stereocenters. The number of methoxy groups -OCH3 is 1. The molecule has 0 aliphatic carbocycles. The van der Waals surface area contributed by atoms with Crippen molar-refractivity contribution in [2.75, 3.05) is 7.11 Å². The summed E-state index contributed by atoms with van der Waals surface area (Å²) in [5.74, 6) is -1.15. The Hall–Kier alpha value is -2.01. The summed E-state index contributed by atoms with van der Waals surface area (Å²) in [5.41, 5.74) is 2.61. The Labute approximate surface area is 120 Å². The Balaban J connectivity index is 2.61. The Morgan fingerprint density at radius 1 is 1.20 bits per heavy atom. The summed E-state index contributed by atoms with van der Waals surface area (Å²) in [5, 5.41) is 8.09. The summed E-state index contributed by atoms with van der Waals surface area (Å²) < 4.78 is 18.2. The lowest BCUT2D eigenvalue weighted by molar-refractivity contribution is 0.0600. The van der Waals surface area contributed by atoms with Gasteiger partial charge in [-0.05, 0) is 43.2 Å². The molecule has 0 spiro atoms. The van der Waals surface area contributed by atoms with Gasteiger partial charge in [-0.25, -0.2) is 9.18 Å². The second kappa shape index (κ2) is 5.54. The lowest BCUT2D eigenvalue weighted by Gasteiger charge is -2.09. The van der Waals surface area contributed by atoms with Crippen molar-refractivity contribution in [2.45, 2.75) is 13.8 Å². The van der Waals surface area contributed by atoms with E-state index in [-0.39, 0.29) is 5.56 Å². The maximum Gasteiger partial charge on any atom is 0.337 e. The molecule has 0 unspecified atom stereocenters. The highest BCUT2D eigenvalue weighted by atomic mass is 35.5. The summed E-state index contributed by atoms with van der Waals surface area (Å²) in [7, 11) is 1.24. The smallest absolute Gasteiger partial charge is 0.337 e. The Morgan fingerprint density at radius 3 is 2.55 bits per heavy atom. The highest BCUT2D eigenvalue weighted by Gasteiger charge is 2.14. The first kappa shape index (κ1) is 14.4. The van der Waals surface area contributed by atoms with Gasteiger partial charge in [0.25, 0.3) is 0 Å². The van der Waals surface area contributed by atoms with Crippen LogP contribution >= 0.6 is 11.6 Å². The zero-order valence-electron chi connectivity index (χ0n) is 11.2. The van der Waals surface area contributed by atoms with Crippen LogP contribution in [-0.4, -0.2) is 23.3 Å². The van der Waals surface area contributed by atoms with Gasteiger partial charge in [0, 0.05) is 5.56 Å². The largest absolute Gasteiger partial charge is 0.465 e. The monoisotopic (exact) mass is 294 g/mol. The number of hydrogen-bond acceptors (Lipinski definition) is 4. The van der Waals surface area contributed by atoms with E-state index in [2.05, 4.69) is 14.9 Å². The van der Waals surface area contributed by atoms with E-state index in [1.807, 2.05) is 6.92 Å². The van der Waals surface area contributed by atoms with Crippen molar-refractivity contribution in [1.82, 2.24) is 10.2 Å². The number of rotatable bonds is 2. The van der Waals surface area contributed by atoms with Gasteiger partial charge in [0.05, 0.1) is 18.4 Å². The van der Waals surface area contributed by atoms with Gasteiger partial charge in [-0.3, -0.25) is 0 Å². The molecule has 0 radical (unpaired) electrons. The molecule has 0 bridgehead atoms. The molecule has 6 heteroatoms. The summed E-state index contributed by atoms with van der Waals surface area (Å²) in [6, 6.07) is 3.91. The molecule has 2 aromatic rings. The van der Waals surface area contributed by atoms with Crippen LogP contribution in [0.2, 0.25) is 5.15 Å². The first-order valence-corrected chi connectivity index (χ1v) is 6.20. The molecule has 0 fully saturated rings. The van der Waals surface area contributed by atoms with Gasteiger partial charge in [0.2, 0.25) is 0 Å². The van der Waals surface area contributed by atoms with Crippen LogP contribution < -0.4 is 0 Å². The number of carbonyl (C=O) groups excluding carboxylic acids is 1. The maximum atomic E-state index is 13.6. The van der Waals surface area contributed by atoms with Crippen LogP contribution in [0.1, 0.15) is 21.5 Å². The lowest BCUT2D eigenvalue weighted by Crippen LogP contribution is -2.03. The third kappa shape index (κ3) is 2.63. The molecule has 1 heterocycles. The molecule has 0 saturated carbocycles. The molecule has 1 aromatic carbocycles. The van der Waals surface area contributed by atoms with Crippen molar-refractivity contribution in [3.8, 4) is 11.3 Å². The predicted octanol–water partition coefficient (Wildman–Crippen LogP) is 3.34. The number of ether oxygens (including phenoxy) is 1. The van der Waals surface area contributed by atoms with E-state index in [0.29, 0.717) is 16.4 Å². The fraction of sp³-hybridized carbons (Fsp3) is 0.214. The normalized spacial score (nSPS) is 10.4. The summed E-state index contributed by atoms with van der Waals surface area (Å²) in [6.07, 6.45) is 0. The van der Waals surface area contributed by atoms with E-state index < -0.39 is 11.8 Å². The summed E-state index contributed by atoms with van der Waals surface area (Å²) in [6.45, 7) is 3.62. The van der Waals surface area contributed by atoms with Crippen LogP contribution in [0.5, 0.6) is 0 Å². The number of hydrogen-bond donors (Lipinski definition) is 0. The van der Waals surface area contributed by atoms with E-state index in [4.69, 9.17) is 11.6 Å². The lowest BCUT2D eigenvalue weighted by atomic mass is 10.0. The minimum Gasteiger partial charge on any atom is -0.465 e. The van der Waals surface area contributed by atoms with Crippen LogP contribution in [0.15, 0.2) is 18.2 Å². The van der Waals surface area contributed by atoms with Crippen LogP contribution in [0, 0.1) is 19.7 Å². The Kier molecular flexibility index (Phi) is 3.99. The van der Waals surface area contributed by atoms with Gasteiger partial charge in [0.15, 0.2) is 5.15 Å². The summed E-state index contributed by atoms with van der Waals surface area (Å²) in [4.78, 5) is 11.5. The van der Waals surface area contributed by atoms with Gasteiger partial charge >= 0.3 is 5.97 Å². The molecule has 0 aliphatic heterocycles. The minimum absolute atomic E-state index is 0.122. The first-order valence-electron chi connectivity index (χ1n) is 5.82.